The molecule has 0 unspecified atom stereocenters. The molecule has 1 aromatic carbocycles. The molecule has 0 fully saturated rings. The number of benzene rings is 1. The lowest BCUT2D eigenvalue weighted by molar-refractivity contribution is -0.135. The number of esters is 1. The number of ether oxygens (including phenoxy) is 2. The van der Waals surface area contributed by atoms with Gasteiger partial charge in [0.2, 0.25) is 0 Å². The topological polar surface area (TPSA) is 64.6 Å². The Balaban J connectivity index is 2.31. The fourth-order valence-corrected chi connectivity index (χ4v) is 1.27. The van der Waals surface area contributed by atoms with Gasteiger partial charge < -0.3 is 14.8 Å². The van der Waals surface area contributed by atoms with Gasteiger partial charge in [-0.1, -0.05) is 12.1 Å². The summed E-state index contributed by atoms with van der Waals surface area (Å²) in [6, 6.07) is 6.95. The van der Waals surface area contributed by atoms with Gasteiger partial charge in [0.05, 0.1) is 18.9 Å². The third-order valence-corrected chi connectivity index (χ3v) is 2.03. The van der Waals surface area contributed by atoms with E-state index in [0.29, 0.717) is 11.4 Å². The Morgan fingerprint density at radius 3 is 2.94 bits per heavy atom. The Bertz CT molecular complexity index is 479. The minimum Gasteiger partial charge on any atom is -0.466 e. The minimum absolute atomic E-state index is 0.0782. The summed E-state index contributed by atoms with van der Waals surface area (Å²) in [4.78, 5) is 22.5. The number of hydrogen-bond donors (Lipinski definition) is 1. The fourth-order valence-electron chi connectivity index (χ4n) is 1.27. The molecule has 5 nitrogen and oxygen atoms in total. The minimum atomic E-state index is -0.635. The maximum Gasteiger partial charge on any atom is 0.334 e. The second-order valence-electron chi connectivity index (χ2n) is 3.08. The predicted octanol–water partition coefficient (Wildman–Crippen LogP) is 1.07. The number of carbonyl (C=O) groups excluding carboxylic acids is 2. The first-order chi connectivity index (χ1) is 7.70. The number of nitrogens with one attached hydrogen (secondary N) is 1. The Morgan fingerprint density at radius 1 is 1.44 bits per heavy atom. The van der Waals surface area contributed by atoms with Gasteiger partial charge in [-0.15, -0.1) is 0 Å². The summed E-state index contributed by atoms with van der Waals surface area (Å²) in [6.07, 6.45) is 1.01. The van der Waals surface area contributed by atoms with Crippen LogP contribution in [0.3, 0.4) is 0 Å². The van der Waals surface area contributed by atoms with Crippen molar-refractivity contribution in [3.05, 3.63) is 36.1 Å². The molecule has 0 bridgehead atoms. The zero-order valence-electron chi connectivity index (χ0n) is 8.52. The van der Waals surface area contributed by atoms with Crippen molar-refractivity contribution in [3.63, 3.8) is 0 Å². The summed E-state index contributed by atoms with van der Waals surface area (Å²) in [5.41, 5.74) is 0.578. The Morgan fingerprint density at radius 2 is 2.19 bits per heavy atom. The van der Waals surface area contributed by atoms with E-state index in [-0.39, 0.29) is 5.76 Å². The molecule has 1 N–H and O–H groups in total. The first-order valence-corrected chi connectivity index (χ1v) is 4.58. The van der Waals surface area contributed by atoms with Crippen LogP contribution in [-0.2, 0) is 14.3 Å². The lowest BCUT2D eigenvalue weighted by Gasteiger charge is -2.19. The SMILES string of the molecule is COC(=O)/C=C1\Oc2ccccc2NC1=O. The van der Waals surface area contributed by atoms with Crippen molar-refractivity contribution in [3.8, 4) is 5.75 Å². The smallest absolute Gasteiger partial charge is 0.334 e. The Kier molecular flexibility index (Phi) is 2.59. The van der Waals surface area contributed by atoms with Crippen molar-refractivity contribution >= 4 is 17.6 Å². The summed E-state index contributed by atoms with van der Waals surface area (Å²) >= 11 is 0. The lowest BCUT2D eigenvalue weighted by atomic mass is 10.2. The molecule has 0 radical (unpaired) electrons. The van der Waals surface area contributed by atoms with Gasteiger partial charge in [-0.25, -0.2) is 4.79 Å². The maximum absolute atomic E-state index is 11.5. The van der Waals surface area contributed by atoms with E-state index in [1.54, 1.807) is 24.3 Å². The fraction of sp³-hybridized carbons (Fsp3) is 0.0909. The van der Waals surface area contributed by atoms with E-state index in [9.17, 15) is 9.59 Å². The monoisotopic (exact) mass is 219 g/mol. The molecule has 0 aromatic heterocycles. The van der Waals surface area contributed by atoms with Crippen LogP contribution in [0.2, 0.25) is 0 Å². The molecule has 1 aliphatic heterocycles. The quantitative estimate of drug-likeness (QED) is 0.567. The number of methoxy groups -OCH3 is 1. The molecule has 0 atom stereocenters. The van der Waals surface area contributed by atoms with Crippen molar-refractivity contribution in [2.75, 3.05) is 12.4 Å². The van der Waals surface area contributed by atoms with Gasteiger partial charge in [0.25, 0.3) is 5.91 Å². The molecule has 1 heterocycles. The highest BCUT2D eigenvalue weighted by Crippen LogP contribution is 2.29. The number of carbonyl (C=O) groups is 2. The number of para-hydroxylation sites is 2. The van der Waals surface area contributed by atoms with Gasteiger partial charge in [-0.05, 0) is 12.1 Å². The van der Waals surface area contributed by atoms with Crippen LogP contribution >= 0.6 is 0 Å². The highest BCUT2D eigenvalue weighted by Gasteiger charge is 2.22. The van der Waals surface area contributed by atoms with E-state index in [0.717, 1.165) is 6.08 Å². The van der Waals surface area contributed by atoms with Gasteiger partial charge in [-0.3, -0.25) is 4.79 Å². The van der Waals surface area contributed by atoms with Gasteiger partial charge in [-0.2, -0.15) is 0 Å². The van der Waals surface area contributed by atoms with Crippen LogP contribution in [0.4, 0.5) is 5.69 Å². The van der Waals surface area contributed by atoms with E-state index in [2.05, 4.69) is 10.1 Å². The van der Waals surface area contributed by atoms with Crippen molar-refractivity contribution in [2.24, 2.45) is 0 Å². The van der Waals surface area contributed by atoms with E-state index in [1.807, 2.05) is 0 Å². The molecule has 0 saturated carbocycles. The van der Waals surface area contributed by atoms with Crippen LogP contribution in [0.5, 0.6) is 5.75 Å². The van der Waals surface area contributed by atoms with Crippen LogP contribution in [0.25, 0.3) is 0 Å². The summed E-state index contributed by atoms with van der Waals surface area (Å²) in [5, 5.41) is 2.60. The van der Waals surface area contributed by atoms with Gasteiger partial charge in [0.15, 0.2) is 11.5 Å². The average Bonchev–Trinajstić information content (AvgIpc) is 2.30. The molecule has 0 aliphatic carbocycles. The van der Waals surface area contributed by atoms with Gasteiger partial charge >= 0.3 is 5.97 Å². The van der Waals surface area contributed by atoms with Crippen molar-refractivity contribution < 1.29 is 19.1 Å². The first-order valence-electron chi connectivity index (χ1n) is 4.58. The largest absolute Gasteiger partial charge is 0.466 e. The molecule has 0 spiro atoms. The zero-order valence-corrected chi connectivity index (χ0v) is 8.52. The maximum atomic E-state index is 11.5. The highest BCUT2D eigenvalue weighted by atomic mass is 16.5. The average molecular weight is 219 g/mol. The second-order valence-corrected chi connectivity index (χ2v) is 3.08. The summed E-state index contributed by atoms with van der Waals surface area (Å²) in [6.45, 7) is 0. The second kappa shape index (κ2) is 4.06. The highest BCUT2D eigenvalue weighted by molar-refractivity contribution is 6.08. The third-order valence-electron chi connectivity index (χ3n) is 2.03. The normalized spacial score (nSPS) is 16.1. The lowest BCUT2D eigenvalue weighted by Crippen LogP contribution is -2.24. The molecule has 1 aliphatic rings. The van der Waals surface area contributed by atoms with Crippen LogP contribution in [0.15, 0.2) is 36.1 Å². The first kappa shape index (κ1) is 10.2. The number of hydrogen-bond acceptors (Lipinski definition) is 4. The van der Waals surface area contributed by atoms with Crippen LogP contribution in [0, 0.1) is 0 Å². The number of amides is 1. The number of fused-ring (bicyclic) bond motifs is 1. The Labute approximate surface area is 91.7 Å². The van der Waals surface area contributed by atoms with Crippen LogP contribution < -0.4 is 10.1 Å². The summed E-state index contributed by atoms with van der Waals surface area (Å²) in [7, 11) is 1.23. The van der Waals surface area contributed by atoms with E-state index >= 15 is 0 Å². The van der Waals surface area contributed by atoms with Gasteiger partial charge in [0, 0.05) is 0 Å². The molecular weight excluding hydrogens is 210 g/mol. The third kappa shape index (κ3) is 1.88. The molecule has 16 heavy (non-hydrogen) atoms. The van der Waals surface area contributed by atoms with E-state index in [4.69, 9.17) is 4.74 Å². The number of anilines is 1. The van der Waals surface area contributed by atoms with E-state index < -0.39 is 11.9 Å². The predicted molar refractivity (Wildman–Crippen MR) is 55.8 cm³/mol. The van der Waals surface area contributed by atoms with Crippen molar-refractivity contribution in [1.82, 2.24) is 0 Å². The number of rotatable bonds is 1. The summed E-state index contributed by atoms with van der Waals surface area (Å²) < 4.78 is 9.68. The standard InChI is InChI=1S/C11H9NO4/c1-15-10(13)6-9-11(14)12-7-4-2-3-5-8(7)16-9/h2-6H,1H3,(H,12,14)/b9-6-. The Hall–Kier alpha value is -2.30. The summed E-state index contributed by atoms with van der Waals surface area (Å²) in [5.74, 6) is -0.684. The molecule has 5 heteroatoms. The van der Waals surface area contributed by atoms with Crippen molar-refractivity contribution in [1.29, 1.82) is 0 Å². The van der Waals surface area contributed by atoms with Crippen molar-refractivity contribution in [2.45, 2.75) is 0 Å². The molecule has 1 amide bonds. The molecule has 82 valence electrons. The van der Waals surface area contributed by atoms with Crippen LogP contribution in [0.1, 0.15) is 0 Å². The molecular formula is C11H9NO4. The molecule has 2 rings (SSSR count). The zero-order chi connectivity index (χ0) is 11.5. The van der Waals surface area contributed by atoms with Crippen LogP contribution in [-0.4, -0.2) is 19.0 Å². The van der Waals surface area contributed by atoms with E-state index in [1.165, 1.54) is 7.11 Å². The molecule has 1 aromatic rings. The van der Waals surface area contributed by atoms with Gasteiger partial charge in [0.1, 0.15) is 0 Å². The molecule has 0 saturated heterocycles.